The molecule has 2 aliphatic heterocycles. The molecule has 0 spiro atoms. The Balaban J connectivity index is 1.42. The van der Waals surface area contributed by atoms with Crippen molar-refractivity contribution in [2.75, 3.05) is 33.2 Å². The molecule has 0 saturated carbocycles. The van der Waals surface area contributed by atoms with Crippen LogP contribution in [0.2, 0.25) is 0 Å². The summed E-state index contributed by atoms with van der Waals surface area (Å²) in [7, 11) is 2.05. The smallest absolute Gasteiger partial charge is 0.251 e. The molecule has 144 valence electrons. The van der Waals surface area contributed by atoms with E-state index in [1.165, 1.54) is 0 Å². The molecule has 3 heterocycles. The number of oxazole rings is 1. The number of fused-ring (bicyclic) bond motifs is 1. The highest BCUT2D eigenvalue weighted by atomic mass is 16.3. The second kappa shape index (κ2) is 6.64. The van der Waals surface area contributed by atoms with E-state index in [9.17, 15) is 9.59 Å². The first-order chi connectivity index (χ1) is 12.8. The van der Waals surface area contributed by atoms with Crippen LogP contribution in [0, 0.1) is 12.8 Å². The largest absolute Gasteiger partial charge is 0.441 e. The van der Waals surface area contributed by atoms with Crippen LogP contribution in [0.5, 0.6) is 0 Å². The second-order valence-corrected chi connectivity index (χ2v) is 8.19. The molecule has 2 aliphatic rings. The van der Waals surface area contributed by atoms with Crippen LogP contribution in [0.1, 0.15) is 36.0 Å². The van der Waals surface area contributed by atoms with Crippen LogP contribution in [0.3, 0.4) is 0 Å². The standard InChI is InChI=1S/C20H26N4O3/c1-13-21-16-10-14(4-5-17(16)27-13)18(25)22-20(2)7-9-24(12-20)19(26)15-6-8-23(3)11-15/h4-5,10,15H,6-9,11-12H2,1-3H3,(H,22,25). The van der Waals surface area contributed by atoms with E-state index in [-0.39, 0.29) is 17.7 Å². The Morgan fingerprint density at radius 3 is 2.89 bits per heavy atom. The fourth-order valence-electron chi connectivity index (χ4n) is 4.18. The summed E-state index contributed by atoms with van der Waals surface area (Å²) in [5.41, 5.74) is 1.50. The lowest BCUT2D eigenvalue weighted by Gasteiger charge is -2.27. The van der Waals surface area contributed by atoms with Gasteiger partial charge in [0.05, 0.1) is 11.5 Å². The third-order valence-corrected chi connectivity index (χ3v) is 5.70. The molecule has 7 heteroatoms. The van der Waals surface area contributed by atoms with Crippen molar-refractivity contribution >= 4 is 22.9 Å². The Kier molecular flexibility index (Phi) is 4.42. The Morgan fingerprint density at radius 1 is 1.33 bits per heavy atom. The minimum Gasteiger partial charge on any atom is -0.441 e. The molecule has 1 aromatic heterocycles. The van der Waals surface area contributed by atoms with Gasteiger partial charge in [-0.3, -0.25) is 9.59 Å². The number of hydrogen-bond donors (Lipinski definition) is 1. The lowest BCUT2D eigenvalue weighted by molar-refractivity contribution is -0.134. The number of nitrogens with one attached hydrogen (secondary N) is 1. The summed E-state index contributed by atoms with van der Waals surface area (Å²) in [5.74, 6) is 0.745. The topological polar surface area (TPSA) is 78.7 Å². The van der Waals surface area contributed by atoms with Gasteiger partial charge in [-0.15, -0.1) is 0 Å². The maximum Gasteiger partial charge on any atom is 0.251 e. The molecule has 1 aromatic carbocycles. The average Bonchev–Trinajstić information content (AvgIpc) is 3.31. The zero-order valence-corrected chi connectivity index (χ0v) is 16.1. The molecular formula is C20H26N4O3. The maximum absolute atomic E-state index is 12.8. The van der Waals surface area contributed by atoms with Gasteiger partial charge >= 0.3 is 0 Å². The summed E-state index contributed by atoms with van der Waals surface area (Å²) >= 11 is 0. The summed E-state index contributed by atoms with van der Waals surface area (Å²) in [6.07, 6.45) is 1.68. The van der Waals surface area contributed by atoms with Crippen molar-refractivity contribution in [3.8, 4) is 0 Å². The molecule has 27 heavy (non-hydrogen) atoms. The number of rotatable bonds is 3. The van der Waals surface area contributed by atoms with Crippen LogP contribution >= 0.6 is 0 Å². The van der Waals surface area contributed by atoms with E-state index in [1.54, 1.807) is 25.1 Å². The third-order valence-electron chi connectivity index (χ3n) is 5.70. The summed E-state index contributed by atoms with van der Waals surface area (Å²) in [4.78, 5) is 33.9. The third kappa shape index (κ3) is 3.56. The summed E-state index contributed by atoms with van der Waals surface area (Å²) in [6.45, 7) is 6.85. The normalized spacial score (nSPS) is 26.0. The number of amides is 2. The van der Waals surface area contributed by atoms with Gasteiger partial charge in [0.25, 0.3) is 5.91 Å². The second-order valence-electron chi connectivity index (χ2n) is 8.19. The van der Waals surface area contributed by atoms with Gasteiger partial charge in [-0.1, -0.05) is 0 Å². The number of hydrogen-bond acceptors (Lipinski definition) is 5. The van der Waals surface area contributed by atoms with E-state index in [0.717, 1.165) is 25.9 Å². The molecule has 2 amide bonds. The van der Waals surface area contributed by atoms with Crippen molar-refractivity contribution in [3.05, 3.63) is 29.7 Å². The van der Waals surface area contributed by atoms with Gasteiger partial charge in [-0.2, -0.15) is 0 Å². The molecule has 7 nitrogen and oxygen atoms in total. The van der Waals surface area contributed by atoms with Gasteiger partial charge in [0, 0.05) is 32.1 Å². The van der Waals surface area contributed by atoms with E-state index >= 15 is 0 Å². The van der Waals surface area contributed by atoms with Crippen LogP contribution in [-0.4, -0.2) is 65.4 Å². The number of benzene rings is 1. The lowest BCUT2D eigenvalue weighted by atomic mass is 10.0. The highest BCUT2D eigenvalue weighted by Gasteiger charge is 2.40. The zero-order chi connectivity index (χ0) is 19.2. The van der Waals surface area contributed by atoms with Gasteiger partial charge < -0.3 is 19.5 Å². The maximum atomic E-state index is 12.8. The quantitative estimate of drug-likeness (QED) is 0.891. The molecule has 0 radical (unpaired) electrons. The van der Waals surface area contributed by atoms with Crippen molar-refractivity contribution in [3.63, 3.8) is 0 Å². The molecule has 4 rings (SSSR count). The molecule has 2 unspecified atom stereocenters. The fraction of sp³-hybridized carbons (Fsp3) is 0.550. The lowest BCUT2D eigenvalue weighted by Crippen LogP contribution is -2.49. The van der Waals surface area contributed by atoms with Crippen molar-refractivity contribution in [2.45, 2.75) is 32.2 Å². The Labute approximate surface area is 158 Å². The Hall–Kier alpha value is -2.41. The van der Waals surface area contributed by atoms with E-state index in [0.29, 0.717) is 35.6 Å². The number of likely N-dealkylation sites (tertiary alicyclic amines) is 2. The molecule has 2 saturated heterocycles. The summed E-state index contributed by atoms with van der Waals surface area (Å²) in [6, 6.07) is 5.27. The minimum atomic E-state index is -0.411. The molecular weight excluding hydrogens is 344 g/mol. The van der Waals surface area contributed by atoms with E-state index in [2.05, 4.69) is 22.2 Å². The first-order valence-electron chi connectivity index (χ1n) is 9.50. The first-order valence-corrected chi connectivity index (χ1v) is 9.50. The minimum absolute atomic E-state index is 0.0888. The van der Waals surface area contributed by atoms with Gasteiger partial charge in [-0.25, -0.2) is 4.98 Å². The highest BCUT2D eigenvalue weighted by Crippen LogP contribution is 2.26. The van der Waals surface area contributed by atoms with Crippen molar-refractivity contribution < 1.29 is 14.0 Å². The van der Waals surface area contributed by atoms with Crippen LogP contribution in [0.25, 0.3) is 11.1 Å². The fourth-order valence-corrected chi connectivity index (χ4v) is 4.18. The van der Waals surface area contributed by atoms with E-state index in [4.69, 9.17) is 4.42 Å². The molecule has 1 N–H and O–H groups in total. The van der Waals surface area contributed by atoms with Crippen LogP contribution in [0.4, 0.5) is 0 Å². The van der Waals surface area contributed by atoms with E-state index in [1.807, 2.05) is 11.8 Å². The van der Waals surface area contributed by atoms with Gasteiger partial charge in [0.15, 0.2) is 11.5 Å². The SMILES string of the molecule is Cc1nc2cc(C(=O)NC3(C)CCN(C(=O)C4CCN(C)C4)C3)ccc2o1. The van der Waals surface area contributed by atoms with Crippen molar-refractivity contribution in [1.82, 2.24) is 20.1 Å². The van der Waals surface area contributed by atoms with Crippen LogP contribution in [-0.2, 0) is 4.79 Å². The molecule has 2 aromatic rings. The average molecular weight is 370 g/mol. The number of aryl methyl sites for hydroxylation is 1. The Morgan fingerprint density at radius 2 is 2.15 bits per heavy atom. The molecule has 0 aliphatic carbocycles. The van der Waals surface area contributed by atoms with Gasteiger partial charge in [-0.05, 0) is 51.6 Å². The van der Waals surface area contributed by atoms with Gasteiger partial charge in [0.2, 0.25) is 5.91 Å². The van der Waals surface area contributed by atoms with Crippen molar-refractivity contribution in [2.24, 2.45) is 5.92 Å². The highest BCUT2D eigenvalue weighted by molar-refractivity contribution is 5.97. The monoisotopic (exact) mass is 370 g/mol. The predicted molar refractivity (Wildman–Crippen MR) is 101 cm³/mol. The summed E-state index contributed by atoms with van der Waals surface area (Å²) < 4.78 is 5.46. The number of aromatic nitrogens is 1. The van der Waals surface area contributed by atoms with Gasteiger partial charge in [0.1, 0.15) is 5.52 Å². The molecule has 2 atom stereocenters. The number of nitrogens with zero attached hydrogens (tertiary/aromatic N) is 3. The molecule has 2 fully saturated rings. The zero-order valence-electron chi connectivity index (χ0n) is 16.1. The van der Waals surface area contributed by atoms with Crippen LogP contribution in [0.15, 0.2) is 22.6 Å². The predicted octanol–water partition coefficient (Wildman–Crippen LogP) is 1.81. The number of carbonyl (C=O) groups excluding carboxylic acids is 2. The van der Waals surface area contributed by atoms with Crippen LogP contribution < -0.4 is 5.32 Å². The first kappa shape index (κ1) is 18.0. The van der Waals surface area contributed by atoms with E-state index < -0.39 is 5.54 Å². The van der Waals surface area contributed by atoms with Crippen molar-refractivity contribution in [1.29, 1.82) is 0 Å². The number of carbonyl (C=O) groups is 2. The Bertz CT molecular complexity index is 892. The summed E-state index contributed by atoms with van der Waals surface area (Å²) in [5, 5.41) is 3.13. The molecule has 0 bridgehead atoms.